The predicted octanol–water partition coefficient (Wildman–Crippen LogP) is 3.49. The lowest BCUT2D eigenvalue weighted by Gasteiger charge is -2.21. The van der Waals surface area contributed by atoms with Crippen molar-refractivity contribution < 1.29 is 5.11 Å². The summed E-state index contributed by atoms with van der Waals surface area (Å²) >= 11 is 7.79. The first-order chi connectivity index (χ1) is 8.63. The minimum Gasteiger partial charge on any atom is -0.388 e. The highest BCUT2D eigenvalue weighted by Crippen LogP contribution is 2.36. The molecular formula is C14H16ClNOS. The molecule has 1 aromatic carbocycles. The third-order valence-corrected chi connectivity index (χ3v) is 4.35. The molecule has 2 aromatic rings. The second-order valence-electron chi connectivity index (χ2n) is 4.33. The Hall–Kier alpha value is -0.870. The molecule has 2 atom stereocenters. The van der Waals surface area contributed by atoms with Gasteiger partial charge in [0.2, 0.25) is 0 Å². The van der Waals surface area contributed by atoms with Gasteiger partial charge in [0, 0.05) is 22.4 Å². The maximum absolute atomic E-state index is 10.5. The molecule has 2 unspecified atom stereocenters. The van der Waals surface area contributed by atoms with Gasteiger partial charge in [0.25, 0.3) is 0 Å². The van der Waals surface area contributed by atoms with Crippen molar-refractivity contribution in [2.75, 3.05) is 6.54 Å². The molecule has 1 heterocycles. The standard InChI is InChI=1S/C14H16ClNOS/c1-9-4-5-10(12(15)7-9)14(17)11(8-16)13-3-2-6-18-13/h2-7,11,14,17H,8,16H2,1H3. The normalized spacial score (nSPS) is 14.4. The summed E-state index contributed by atoms with van der Waals surface area (Å²) < 4.78 is 0. The molecule has 0 aliphatic carbocycles. The maximum atomic E-state index is 10.5. The minimum atomic E-state index is -0.665. The van der Waals surface area contributed by atoms with Crippen LogP contribution in [0.15, 0.2) is 35.7 Å². The topological polar surface area (TPSA) is 46.2 Å². The van der Waals surface area contributed by atoms with Gasteiger partial charge in [-0.1, -0.05) is 29.8 Å². The van der Waals surface area contributed by atoms with Crippen LogP contribution in [0.4, 0.5) is 0 Å². The van der Waals surface area contributed by atoms with E-state index in [0.29, 0.717) is 11.6 Å². The SMILES string of the molecule is Cc1ccc(C(O)C(CN)c2cccs2)c(Cl)c1. The van der Waals surface area contributed by atoms with Gasteiger partial charge in [0.05, 0.1) is 6.10 Å². The largest absolute Gasteiger partial charge is 0.388 e. The van der Waals surface area contributed by atoms with E-state index in [0.717, 1.165) is 16.0 Å². The van der Waals surface area contributed by atoms with Crippen LogP contribution in [-0.4, -0.2) is 11.7 Å². The first kappa shape index (κ1) is 13.6. The smallest absolute Gasteiger partial charge is 0.0892 e. The van der Waals surface area contributed by atoms with Crippen LogP contribution in [0.5, 0.6) is 0 Å². The number of rotatable bonds is 4. The number of halogens is 1. The molecule has 96 valence electrons. The van der Waals surface area contributed by atoms with E-state index in [1.807, 2.05) is 42.6 Å². The Morgan fingerprint density at radius 2 is 2.17 bits per heavy atom. The zero-order valence-electron chi connectivity index (χ0n) is 10.1. The van der Waals surface area contributed by atoms with Crippen molar-refractivity contribution in [2.45, 2.75) is 18.9 Å². The molecule has 0 spiro atoms. The van der Waals surface area contributed by atoms with Gasteiger partial charge in [-0.2, -0.15) is 0 Å². The van der Waals surface area contributed by atoms with E-state index in [1.165, 1.54) is 0 Å². The fourth-order valence-electron chi connectivity index (χ4n) is 1.99. The molecule has 4 heteroatoms. The summed E-state index contributed by atoms with van der Waals surface area (Å²) in [6, 6.07) is 9.65. The molecule has 0 saturated heterocycles. The van der Waals surface area contributed by atoms with Crippen LogP contribution in [0.25, 0.3) is 0 Å². The molecule has 2 nitrogen and oxygen atoms in total. The van der Waals surface area contributed by atoms with Crippen LogP contribution in [0.1, 0.15) is 28.0 Å². The zero-order chi connectivity index (χ0) is 13.1. The van der Waals surface area contributed by atoms with Crippen LogP contribution in [-0.2, 0) is 0 Å². The summed E-state index contributed by atoms with van der Waals surface area (Å²) in [4.78, 5) is 1.08. The summed E-state index contributed by atoms with van der Waals surface area (Å²) in [6.07, 6.45) is -0.665. The van der Waals surface area contributed by atoms with E-state index >= 15 is 0 Å². The highest BCUT2D eigenvalue weighted by Gasteiger charge is 2.24. The average Bonchev–Trinajstić information content (AvgIpc) is 2.83. The van der Waals surface area contributed by atoms with Gasteiger partial charge in [-0.25, -0.2) is 0 Å². The molecule has 18 heavy (non-hydrogen) atoms. The van der Waals surface area contributed by atoms with Crippen molar-refractivity contribution in [1.82, 2.24) is 0 Å². The summed E-state index contributed by atoms with van der Waals surface area (Å²) in [7, 11) is 0. The Bertz CT molecular complexity index is 513. The Morgan fingerprint density at radius 3 is 2.72 bits per heavy atom. The quantitative estimate of drug-likeness (QED) is 0.901. The number of thiophene rings is 1. The number of aryl methyl sites for hydroxylation is 1. The van der Waals surface area contributed by atoms with Crippen LogP contribution in [0.3, 0.4) is 0 Å². The highest BCUT2D eigenvalue weighted by atomic mass is 35.5. The molecule has 0 fully saturated rings. The molecule has 2 rings (SSSR count). The second kappa shape index (κ2) is 5.85. The van der Waals surface area contributed by atoms with Gasteiger partial charge in [-0.15, -0.1) is 11.3 Å². The fourth-order valence-corrected chi connectivity index (χ4v) is 3.21. The number of aliphatic hydroxyl groups excluding tert-OH is 1. The minimum absolute atomic E-state index is 0.106. The van der Waals surface area contributed by atoms with Crippen LogP contribution >= 0.6 is 22.9 Å². The second-order valence-corrected chi connectivity index (χ2v) is 5.71. The maximum Gasteiger partial charge on any atom is 0.0892 e. The van der Waals surface area contributed by atoms with Crippen molar-refractivity contribution in [3.8, 4) is 0 Å². The van der Waals surface area contributed by atoms with E-state index in [4.69, 9.17) is 17.3 Å². The van der Waals surface area contributed by atoms with Crippen LogP contribution in [0.2, 0.25) is 5.02 Å². The molecule has 0 aliphatic heterocycles. The molecule has 3 N–H and O–H groups in total. The number of hydrogen-bond acceptors (Lipinski definition) is 3. The lowest BCUT2D eigenvalue weighted by molar-refractivity contribution is 0.149. The van der Waals surface area contributed by atoms with Gasteiger partial charge in [-0.3, -0.25) is 0 Å². The highest BCUT2D eigenvalue weighted by molar-refractivity contribution is 7.10. The van der Waals surface area contributed by atoms with Gasteiger partial charge < -0.3 is 10.8 Å². The Balaban J connectivity index is 2.31. The van der Waals surface area contributed by atoms with Gasteiger partial charge >= 0.3 is 0 Å². The first-order valence-electron chi connectivity index (χ1n) is 5.81. The molecule has 0 aliphatic rings. The number of nitrogens with two attached hydrogens (primary N) is 1. The Morgan fingerprint density at radius 1 is 1.39 bits per heavy atom. The lowest BCUT2D eigenvalue weighted by Crippen LogP contribution is -2.19. The van der Waals surface area contributed by atoms with E-state index in [2.05, 4.69) is 0 Å². The van der Waals surface area contributed by atoms with Crippen molar-refractivity contribution in [1.29, 1.82) is 0 Å². The van der Waals surface area contributed by atoms with Crippen molar-refractivity contribution >= 4 is 22.9 Å². The average molecular weight is 282 g/mol. The number of hydrogen-bond donors (Lipinski definition) is 2. The molecule has 0 bridgehead atoms. The molecule has 0 saturated carbocycles. The number of aliphatic hydroxyl groups is 1. The van der Waals surface area contributed by atoms with Crippen molar-refractivity contribution in [3.63, 3.8) is 0 Å². The molecule has 0 radical (unpaired) electrons. The monoisotopic (exact) mass is 281 g/mol. The summed E-state index contributed by atoms with van der Waals surface area (Å²) in [6.45, 7) is 2.37. The van der Waals surface area contributed by atoms with Gasteiger partial charge in [-0.05, 0) is 35.6 Å². The lowest BCUT2D eigenvalue weighted by atomic mass is 9.94. The molecular weight excluding hydrogens is 266 g/mol. The third-order valence-electron chi connectivity index (χ3n) is 3.02. The van der Waals surface area contributed by atoms with Crippen molar-refractivity contribution in [2.24, 2.45) is 5.73 Å². The Kier molecular flexibility index (Phi) is 4.40. The zero-order valence-corrected chi connectivity index (χ0v) is 11.7. The molecule has 1 aromatic heterocycles. The fraction of sp³-hybridized carbons (Fsp3) is 0.286. The molecule has 0 amide bonds. The predicted molar refractivity (Wildman–Crippen MR) is 77.3 cm³/mol. The van der Waals surface area contributed by atoms with Crippen LogP contribution < -0.4 is 5.73 Å². The van der Waals surface area contributed by atoms with Crippen LogP contribution in [0, 0.1) is 6.92 Å². The first-order valence-corrected chi connectivity index (χ1v) is 7.07. The van der Waals surface area contributed by atoms with E-state index in [-0.39, 0.29) is 5.92 Å². The van der Waals surface area contributed by atoms with E-state index in [1.54, 1.807) is 11.3 Å². The Labute approximate surface area is 116 Å². The van der Waals surface area contributed by atoms with E-state index in [9.17, 15) is 5.11 Å². The van der Waals surface area contributed by atoms with Gasteiger partial charge in [0.1, 0.15) is 0 Å². The summed E-state index contributed by atoms with van der Waals surface area (Å²) in [5.74, 6) is -0.106. The third kappa shape index (κ3) is 2.75. The van der Waals surface area contributed by atoms with Gasteiger partial charge in [0.15, 0.2) is 0 Å². The van der Waals surface area contributed by atoms with E-state index < -0.39 is 6.10 Å². The van der Waals surface area contributed by atoms with Crippen molar-refractivity contribution in [3.05, 3.63) is 56.7 Å². The number of benzene rings is 1. The summed E-state index contributed by atoms with van der Waals surface area (Å²) in [5.41, 5.74) is 7.61. The summed E-state index contributed by atoms with van der Waals surface area (Å²) in [5, 5.41) is 13.0.